The number of aromatic nitrogens is 2. The molecule has 2 heterocycles. The van der Waals surface area contributed by atoms with Crippen LogP contribution in [0.4, 0.5) is 0 Å². The van der Waals surface area contributed by atoms with Crippen LogP contribution in [0.5, 0.6) is 17.4 Å². The Bertz CT molecular complexity index is 1500. The summed E-state index contributed by atoms with van der Waals surface area (Å²) in [6, 6.07) is 21.7. The Balaban J connectivity index is 1.84. The average molecular weight is 488 g/mol. The average Bonchev–Trinajstić information content (AvgIpc) is 2.89. The van der Waals surface area contributed by atoms with Crippen LogP contribution in [-0.2, 0) is 6.42 Å². The van der Waals surface area contributed by atoms with Crippen LogP contribution >= 0.6 is 12.2 Å². The van der Waals surface area contributed by atoms with Crippen molar-refractivity contribution >= 4 is 12.2 Å². The summed E-state index contributed by atoms with van der Waals surface area (Å²) in [6.07, 6.45) is 0.748. The summed E-state index contributed by atoms with van der Waals surface area (Å²) in [5, 5.41) is 15.0. The molecule has 0 bridgehead atoms. The van der Waals surface area contributed by atoms with Gasteiger partial charge in [-0.3, -0.25) is 13.9 Å². The summed E-state index contributed by atoms with van der Waals surface area (Å²) in [6.45, 7) is 0.623. The van der Waals surface area contributed by atoms with Crippen LogP contribution in [0.3, 0.4) is 0 Å². The zero-order valence-corrected chi connectivity index (χ0v) is 20.2. The molecule has 0 saturated carbocycles. The van der Waals surface area contributed by atoms with E-state index < -0.39 is 6.04 Å². The summed E-state index contributed by atoms with van der Waals surface area (Å²) in [4.78, 5) is 14.0. The van der Waals surface area contributed by atoms with E-state index in [-0.39, 0.29) is 21.8 Å². The molecule has 0 spiro atoms. The lowest BCUT2D eigenvalue weighted by Crippen LogP contribution is -2.37. The number of ether oxygens (including phenoxy) is 2. The van der Waals surface area contributed by atoms with Crippen molar-refractivity contribution in [3.63, 3.8) is 0 Å². The summed E-state index contributed by atoms with van der Waals surface area (Å²) >= 11 is 5.75. The number of hydrogen-bond acceptors (Lipinski definition) is 6. The van der Waals surface area contributed by atoms with Crippen molar-refractivity contribution in [2.75, 3.05) is 20.8 Å². The SMILES string of the molecule is COc1cc2c(cc1OC)[C@@H](c1c(O)n(-c3ccccc3)c(=S)n(-c3ccccc3)c1=O)NCC2. The Morgan fingerprint density at radius 2 is 1.49 bits per heavy atom. The van der Waals surface area contributed by atoms with Gasteiger partial charge in [-0.2, -0.15) is 0 Å². The molecule has 5 rings (SSSR count). The van der Waals surface area contributed by atoms with Gasteiger partial charge in [-0.1, -0.05) is 36.4 Å². The van der Waals surface area contributed by atoms with Gasteiger partial charge in [0.2, 0.25) is 5.88 Å². The fourth-order valence-electron chi connectivity index (χ4n) is 4.62. The molecule has 35 heavy (non-hydrogen) atoms. The second-order valence-electron chi connectivity index (χ2n) is 8.21. The number of methoxy groups -OCH3 is 2. The lowest BCUT2D eigenvalue weighted by atomic mass is 9.90. The van der Waals surface area contributed by atoms with E-state index in [4.69, 9.17) is 21.7 Å². The van der Waals surface area contributed by atoms with E-state index in [9.17, 15) is 9.90 Å². The van der Waals surface area contributed by atoms with Gasteiger partial charge >= 0.3 is 0 Å². The van der Waals surface area contributed by atoms with E-state index in [1.165, 1.54) is 9.13 Å². The molecule has 4 aromatic rings. The third-order valence-corrected chi connectivity index (χ3v) is 6.65. The molecule has 8 heteroatoms. The van der Waals surface area contributed by atoms with Gasteiger partial charge in [0.05, 0.1) is 37.2 Å². The minimum atomic E-state index is -0.577. The van der Waals surface area contributed by atoms with Crippen molar-refractivity contribution < 1.29 is 14.6 Å². The van der Waals surface area contributed by atoms with Crippen LogP contribution in [0.25, 0.3) is 11.4 Å². The highest BCUT2D eigenvalue weighted by atomic mass is 32.1. The molecule has 0 radical (unpaired) electrons. The molecule has 1 atom stereocenters. The van der Waals surface area contributed by atoms with Crippen LogP contribution in [0.15, 0.2) is 77.6 Å². The summed E-state index contributed by atoms with van der Waals surface area (Å²) < 4.78 is 14.2. The lowest BCUT2D eigenvalue weighted by Gasteiger charge is -2.29. The first-order valence-corrected chi connectivity index (χ1v) is 11.7. The first-order chi connectivity index (χ1) is 17.0. The zero-order valence-electron chi connectivity index (χ0n) is 19.4. The molecule has 1 aromatic heterocycles. The normalized spacial score (nSPS) is 14.9. The van der Waals surface area contributed by atoms with Crippen molar-refractivity contribution in [1.82, 2.24) is 14.5 Å². The molecule has 1 aliphatic rings. The van der Waals surface area contributed by atoms with Gasteiger partial charge in [0.25, 0.3) is 5.56 Å². The molecule has 0 saturated heterocycles. The monoisotopic (exact) mass is 487 g/mol. The van der Waals surface area contributed by atoms with Crippen LogP contribution < -0.4 is 20.3 Å². The smallest absolute Gasteiger partial charge is 0.267 e. The number of nitrogens with one attached hydrogen (secondary N) is 1. The molecule has 0 amide bonds. The van der Waals surface area contributed by atoms with Gasteiger partial charge in [0, 0.05) is 6.54 Å². The second kappa shape index (κ2) is 9.40. The lowest BCUT2D eigenvalue weighted by molar-refractivity contribution is 0.352. The second-order valence-corrected chi connectivity index (χ2v) is 8.58. The summed E-state index contributed by atoms with van der Waals surface area (Å²) in [5.41, 5.74) is 2.97. The molecule has 7 nitrogen and oxygen atoms in total. The predicted molar refractivity (Wildman–Crippen MR) is 137 cm³/mol. The Labute approximate surface area is 207 Å². The highest BCUT2D eigenvalue weighted by Gasteiger charge is 2.31. The first kappa shape index (κ1) is 22.9. The van der Waals surface area contributed by atoms with Crippen molar-refractivity contribution in [2.24, 2.45) is 0 Å². The number of rotatable bonds is 5. The minimum absolute atomic E-state index is 0.178. The fraction of sp³-hybridized carbons (Fsp3) is 0.185. The number of nitrogens with zero attached hydrogens (tertiary/aromatic N) is 2. The summed E-state index contributed by atoms with van der Waals surface area (Å²) in [7, 11) is 3.17. The van der Waals surface area contributed by atoms with Gasteiger partial charge in [-0.25, -0.2) is 0 Å². The van der Waals surface area contributed by atoms with Gasteiger partial charge in [0.1, 0.15) is 0 Å². The highest BCUT2D eigenvalue weighted by molar-refractivity contribution is 7.71. The number of para-hydroxylation sites is 2. The van der Waals surface area contributed by atoms with Gasteiger partial charge in [-0.05, 0) is 66.2 Å². The zero-order chi connectivity index (χ0) is 24.5. The van der Waals surface area contributed by atoms with Crippen LogP contribution in [-0.4, -0.2) is 35.0 Å². The van der Waals surface area contributed by atoms with Crippen molar-refractivity contribution in [2.45, 2.75) is 12.5 Å². The van der Waals surface area contributed by atoms with Gasteiger partial charge < -0.3 is 19.9 Å². The molecule has 2 N–H and O–H groups in total. The standard InChI is InChI=1S/C27H25N3O4S/c1-33-21-15-17-13-14-28-24(20(17)16-22(21)34-2)23-25(31)29(18-9-5-3-6-10-18)27(35)30(26(23)32)19-11-7-4-8-12-19/h3-12,15-16,24,28,31H,13-14H2,1-2H3/t24-/m0/s1. The number of aromatic hydroxyl groups is 1. The molecule has 1 aliphatic heterocycles. The third-order valence-electron chi connectivity index (χ3n) is 6.29. The Morgan fingerprint density at radius 3 is 2.09 bits per heavy atom. The molecule has 178 valence electrons. The summed E-state index contributed by atoms with van der Waals surface area (Å²) in [5.74, 6) is 0.982. The van der Waals surface area contributed by atoms with E-state index >= 15 is 0 Å². The van der Waals surface area contributed by atoms with Crippen molar-refractivity contribution in [3.05, 3.63) is 105 Å². The molecular formula is C27H25N3O4S. The van der Waals surface area contributed by atoms with E-state index in [2.05, 4.69) is 5.32 Å². The Morgan fingerprint density at radius 1 is 0.914 bits per heavy atom. The maximum absolute atomic E-state index is 14.0. The maximum Gasteiger partial charge on any atom is 0.267 e. The predicted octanol–water partition coefficient (Wildman–Crippen LogP) is 4.32. The number of hydrogen-bond donors (Lipinski definition) is 2. The van der Waals surface area contributed by atoms with Crippen LogP contribution in [0, 0.1) is 4.77 Å². The molecule has 3 aromatic carbocycles. The number of benzene rings is 3. The molecule has 0 fully saturated rings. The largest absolute Gasteiger partial charge is 0.494 e. The highest BCUT2D eigenvalue weighted by Crippen LogP contribution is 2.39. The van der Waals surface area contributed by atoms with E-state index in [1.807, 2.05) is 72.8 Å². The molecule has 0 aliphatic carbocycles. The van der Waals surface area contributed by atoms with Crippen LogP contribution in [0.1, 0.15) is 22.7 Å². The van der Waals surface area contributed by atoms with Crippen LogP contribution in [0.2, 0.25) is 0 Å². The van der Waals surface area contributed by atoms with Crippen molar-refractivity contribution in [3.8, 4) is 28.8 Å². The Kier molecular flexibility index (Phi) is 6.15. The third kappa shape index (κ3) is 3.90. The fourth-order valence-corrected chi connectivity index (χ4v) is 5.00. The van der Waals surface area contributed by atoms with E-state index in [0.29, 0.717) is 29.4 Å². The van der Waals surface area contributed by atoms with E-state index in [0.717, 1.165) is 17.5 Å². The minimum Gasteiger partial charge on any atom is -0.494 e. The first-order valence-electron chi connectivity index (χ1n) is 11.2. The number of fused-ring (bicyclic) bond motifs is 1. The Hall–Kier alpha value is -3.88. The van der Waals surface area contributed by atoms with Gasteiger partial charge in [0.15, 0.2) is 16.3 Å². The maximum atomic E-state index is 14.0. The topological polar surface area (TPSA) is 77.7 Å². The molecular weight excluding hydrogens is 462 g/mol. The van der Waals surface area contributed by atoms with E-state index in [1.54, 1.807) is 14.2 Å². The van der Waals surface area contributed by atoms with Crippen molar-refractivity contribution in [1.29, 1.82) is 0 Å². The molecule has 0 unspecified atom stereocenters. The quantitative estimate of drug-likeness (QED) is 0.409. The van der Waals surface area contributed by atoms with Gasteiger partial charge in [-0.15, -0.1) is 0 Å².